The zero-order chi connectivity index (χ0) is 17.6. The number of benzene rings is 1. The van der Waals surface area contributed by atoms with Crippen LogP contribution in [0.2, 0.25) is 5.02 Å². The summed E-state index contributed by atoms with van der Waals surface area (Å²) in [6, 6.07) is 7.68. The number of carbonyl (C=O) groups is 2. The van der Waals surface area contributed by atoms with Crippen LogP contribution in [-0.2, 0) is 11.3 Å². The van der Waals surface area contributed by atoms with Crippen LogP contribution in [-0.4, -0.2) is 39.4 Å². The molecule has 0 aliphatic heterocycles. The molecule has 2 N–H and O–H groups in total. The van der Waals surface area contributed by atoms with Gasteiger partial charge in [0.15, 0.2) is 0 Å². The van der Waals surface area contributed by atoms with Crippen LogP contribution in [0.1, 0.15) is 10.5 Å². The van der Waals surface area contributed by atoms with Crippen LogP contribution in [0.15, 0.2) is 49.1 Å². The molecule has 3 aromatic rings. The van der Waals surface area contributed by atoms with Crippen LogP contribution in [0.25, 0.3) is 10.9 Å². The molecule has 2 aromatic heterocycles. The van der Waals surface area contributed by atoms with E-state index in [1.54, 1.807) is 0 Å². The van der Waals surface area contributed by atoms with Crippen molar-refractivity contribution in [3.05, 3.63) is 59.8 Å². The summed E-state index contributed by atoms with van der Waals surface area (Å²) in [7, 11) is 0. The fourth-order valence-corrected chi connectivity index (χ4v) is 2.56. The molecule has 2 amide bonds. The highest BCUT2D eigenvalue weighted by Gasteiger charge is 2.09. The lowest BCUT2D eigenvalue weighted by Gasteiger charge is -2.08. The van der Waals surface area contributed by atoms with E-state index >= 15 is 0 Å². The Morgan fingerprint density at radius 2 is 2.04 bits per heavy atom. The van der Waals surface area contributed by atoms with Crippen LogP contribution in [0, 0.1) is 0 Å². The van der Waals surface area contributed by atoms with Gasteiger partial charge in [-0.15, -0.1) is 0 Å². The number of fused-ring (bicyclic) bond motifs is 1. The maximum absolute atomic E-state index is 11.8. The van der Waals surface area contributed by atoms with Crippen molar-refractivity contribution in [2.45, 2.75) is 6.54 Å². The monoisotopic (exact) mass is 357 g/mol. The Balaban J connectivity index is 1.46. The first-order chi connectivity index (χ1) is 12.1. The van der Waals surface area contributed by atoms with Gasteiger partial charge in [0, 0.05) is 42.2 Å². The number of amides is 2. The van der Waals surface area contributed by atoms with Crippen molar-refractivity contribution in [1.29, 1.82) is 0 Å². The summed E-state index contributed by atoms with van der Waals surface area (Å²) >= 11 is 6.02. The number of halogens is 1. The first kappa shape index (κ1) is 16.9. The summed E-state index contributed by atoms with van der Waals surface area (Å²) in [5, 5.41) is 7.02. The average molecular weight is 358 g/mol. The number of nitrogens with zero attached hydrogens (tertiary/aromatic N) is 3. The van der Waals surface area contributed by atoms with Crippen molar-refractivity contribution in [3.8, 4) is 0 Å². The molecule has 0 fully saturated rings. The van der Waals surface area contributed by atoms with E-state index in [1.165, 1.54) is 18.6 Å². The molecule has 7 nitrogen and oxygen atoms in total. The maximum Gasteiger partial charge on any atom is 0.271 e. The van der Waals surface area contributed by atoms with Gasteiger partial charge in [-0.2, -0.15) is 0 Å². The van der Waals surface area contributed by atoms with Crippen LogP contribution >= 0.6 is 11.6 Å². The largest absolute Gasteiger partial charge is 0.353 e. The van der Waals surface area contributed by atoms with Crippen molar-refractivity contribution < 1.29 is 9.59 Å². The SMILES string of the molecule is O=C(CNC(=O)c1cnccn1)NCCn1ccc2ccc(Cl)cc21. The van der Waals surface area contributed by atoms with Crippen molar-refractivity contribution in [3.63, 3.8) is 0 Å². The lowest BCUT2D eigenvalue weighted by Crippen LogP contribution is -2.38. The molecule has 3 rings (SSSR count). The number of hydrogen-bond acceptors (Lipinski definition) is 4. The van der Waals surface area contributed by atoms with E-state index in [4.69, 9.17) is 11.6 Å². The van der Waals surface area contributed by atoms with Gasteiger partial charge in [-0.05, 0) is 23.6 Å². The van der Waals surface area contributed by atoms with Gasteiger partial charge >= 0.3 is 0 Å². The number of aromatic nitrogens is 3. The van der Waals surface area contributed by atoms with E-state index in [1.807, 2.05) is 35.0 Å². The van der Waals surface area contributed by atoms with E-state index in [-0.39, 0.29) is 18.1 Å². The molecule has 0 spiro atoms. The molecular formula is C17H16ClN5O2. The van der Waals surface area contributed by atoms with Gasteiger partial charge < -0.3 is 15.2 Å². The first-order valence-corrected chi connectivity index (χ1v) is 8.06. The highest BCUT2D eigenvalue weighted by Crippen LogP contribution is 2.20. The number of carbonyl (C=O) groups excluding carboxylic acids is 2. The van der Waals surface area contributed by atoms with Crippen molar-refractivity contribution in [2.75, 3.05) is 13.1 Å². The van der Waals surface area contributed by atoms with Gasteiger partial charge in [-0.3, -0.25) is 14.6 Å². The molecule has 0 radical (unpaired) electrons. The fourth-order valence-electron chi connectivity index (χ4n) is 2.40. The standard InChI is InChI=1S/C17H16ClN5O2/c18-13-2-1-12-3-7-23(15(12)9-13)8-6-21-16(24)11-22-17(25)14-10-19-4-5-20-14/h1-5,7,9-10H,6,8,11H2,(H,21,24)(H,22,25). The predicted molar refractivity (Wildman–Crippen MR) is 94.3 cm³/mol. The molecule has 8 heteroatoms. The quantitative estimate of drug-likeness (QED) is 0.701. The smallest absolute Gasteiger partial charge is 0.271 e. The molecule has 1 aromatic carbocycles. The van der Waals surface area contributed by atoms with Gasteiger partial charge in [0.2, 0.25) is 5.91 Å². The van der Waals surface area contributed by atoms with Crippen molar-refractivity contribution in [1.82, 2.24) is 25.2 Å². The topological polar surface area (TPSA) is 88.9 Å². The zero-order valence-electron chi connectivity index (χ0n) is 13.3. The van der Waals surface area contributed by atoms with Gasteiger partial charge in [0.25, 0.3) is 5.91 Å². The normalized spacial score (nSPS) is 10.6. The van der Waals surface area contributed by atoms with Crippen molar-refractivity contribution in [2.24, 2.45) is 0 Å². The molecule has 0 bridgehead atoms. The van der Waals surface area contributed by atoms with E-state index < -0.39 is 5.91 Å². The summed E-state index contributed by atoms with van der Waals surface area (Å²) in [6.07, 6.45) is 6.18. The minimum atomic E-state index is -0.436. The minimum absolute atomic E-state index is 0.117. The summed E-state index contributed by atoms with van der Waals surface area (Å²) in [6.45, 7) is 0.928. The third kappa shape index (κ3) is 4.33. The summed E-state index contributed by atoms with van der Waals surface area (Å²) in [4.78, 5) is 31.3. The second-order valence-electron chi connectivity index (χ2n) is 5.34. The Hall–Kier alpha value is -2.93. The number of nitrogens with one attached hydrogen (secondary N) is 2. The Kier molecular flexibility index (Phi) is 5.25. The van der Waals surface area contributed by atoms with Crippen LogP contribution in [0.5, 0.6) is 0 Å². The van der Waals surface area contributed by atoms with Crippen LogP contribution in [0.4, 0.5) is 0 Å². The Bertz CT molecular complexity index is 894. The summed E-state index contributed by atoms with van der Waals surface area (Å²) in [5.74, 6) is -0.707. The first-order valence-electron chi connectivity index (χ1n) is 7.69. The zero-order valence-corrected chi connectivity index (χ0v) is 14.0. The lowest BCUT2D eigenvalue weighted by molar-refractivity contribution is -0.120. The molecule has 0 aliphatic rings. The van der Waals surface area contributed by atoms with E-state index in [0.717, 1.165) is 10.9 Å². The third-order valence-electron chi connectivity index (χ3n) is 3.62. The highest BCUT2D eigenvalue weighted by molar-refractivity contribution is 6.31. The molecule has 25 heavy (non-hydrogen) atoms. The van der Waals surface area contributed by atoms with E-state index in [2.05, 4.69) is 20.6 Å². The molecule has 2 heterocycles. The lowest BCUT2D eigenvalue weighted by atomic mass is 10.2. The van der Waals surface area contributed by atoms with Gasteiger partial charge in [-0.1, -0.05) is 17.7 Å². The van der Waals surface area contributed by atoms with Gasteiger partial charge in [0.1, 0.15) is 5.69 Å². The summed E-state index contributed by atoms with van der Waals surface area (Å²) in [5.41, 5.74) is 1.18. The second kappa shape index (κ2) is 7.76. The van der Waals surface area contributed by atoms with E-state index in [0.29, 0.717) is 18.1 Å². The molecule has 0 saturated carbocycles. The molecule has 0 saturated heterocycles. The Morgan fingerprint density at radius 1 is 1.16 bits per heavy atom. The summed E-state index contributed by atoms with van der Waals surface area (Å²) < 4.78 is 2.01. The molecule has 128 valence electrons. The van der Waals surface area contributed by atoms with Crippen molar-refractivity contribution >= 4 is 34.3 Å². The predicted octanol–water partition coefficient (Wildman–Crippen LogP) is 1.63. The number of hydrogen-bond donors (Lipinski definition) is 2. The van der Waals surface area contributed by atoms with Crippen LogP contribution in [0.3, 0.4) is 0 Å². The van der Waals surface area contributed by atoms with Gasteiger partial charge in [0.05, 0.1) is 12.7 Å². The molecule has 0 unspecified atom stereocenters. The Labute approximate surface area is 149 Å². The average Bonchev–Trinajstić information content (AvgIpc) is 3.02. The highest BCUT2D eigenvalue weighted by atomic mass is 35.5. The fraction of sp³-hybridized carbons (Fsp3) is 0.176. The molecule has 0 aliphatic carbocycles. The van der Waals surface area contributed by atoms with Gasteiger partial charge in [-0.25, -0.2) is 4.98 Å². The Morgan fingerprint density at radius 3 is 2.84 bits per heavy atom. The number of rotatable bonds is 6. The maximum atomic E-state index is 11.8. The molecular weight excluding hydrogens is 342 g/mol. The molecule has 0 atom stereocenters. The second-order valence-corrected chi connectivity index (χ2v) is 5.77. The van der Waals surface area contributed by atoms with Crippen LogP contribution < -0.4 is 10.6 Å². The van der Waals surface area contributed by atoms with E-state index in [9.17, 15) is 9.59 Å². The minimum Gasteiger partial charge on any atom is -0.353 e. The third-order valence-corrected chi connectivity index (χ3v) is 3.85.